The van der Waals surface area contributed by atoms with Gasteiger partial charge in [-0.15, -0.1) is 0 Å². The van der Waals surface area contributed by atoms with Crippen LogP contribution in [0.3, 0.4) is 0 Å². The molecule has 0 aliphatic heterocycles. The van der Waals surface area contributed by atoms with E-state index in [1.54, 1.807) is 0 Å². The molecule has 0 saturated heterocycles. The van der Waals surface area contributed by atoms with Crippen molar-refractivity contribution in [3.8, 4) is 17.4 Å². The number of unbranched alkanes of at least 4 members (excludes halogenated alkanes) is 2. The van der Waals surface area contributed by atoms with Crippen molar-refractivity contribution < 1.29 is 9.47 Å². The second kappa shape index (κ2) is 8.70. The van der Waals surface area contributed by atoms with Crippen LogP contribution in [0.4, 0.5) is 0 Å². The molecule has 2 rings (SSSR count). The van der Waals surface area contributed by atoms with Crippen LogP contribution in [0, 0.1) is 31.3 Å². The molecule has 1 heterocycles. The molecule has 0 atom stereocenters. The van der Waals surface area contributed by atoms with Gasteiger partial charge in [-0.05, 0) is 80.0 Å². The van der Waals surface area contributed by atoms with Gasteiger partial charge in [-0.25, -0.2) is 4.98 Å². The minimum Gasteiger partial charge on any atom is -0.493 e. The molecule has 1 aromatic carbocycles. The fraction of sp³-hybridized carbons (Fsp3) is 0.450. The largest absolute Gasteiger partial charge is 0.493 e. The van der Waals surface area contributed by atoms with Crippen molar-refractivity contribution in [3.05, 3.63) is 44.2 Å². The zero-order valence-corrected chi connectivity index (χ0v) is 17.4. The average molecular weight is 439 g/mol. The predicted octanol–water partition coefficient (Wildman–Crippen LogP) is 6.28. The minimum atomic E-state index is 0.632. The number of hydrogen-bond acceptors (Lipinski definition) is 3. The lowest BCUT2D eigenvalue weighted by Crippen LogP contribution is -2.03. The molecule has 2 aromatic rings. The van der Waals surface area contributed by atoms with E-state index in [2.05, 4.69) is 60.5 Å². The quantitative estimate of drug-likeness (QED) is 0.376. The summed E-state index contributed by atoms with van der Waals surface area (Å²) in [5.74, 6) is 2.39. The minimum absolute atomic E-state index is 0.632. The maximum Gasteiger partial charge on any atom is 0.226 e. The molecule has 0 amide bonds. The highest BCUT2D eigenvalue weighted by Gasteiger charge is 2.14. The van der Waals surface area contributed by atoms with Crippen molar-refractivity contribution in [2.75, 3.05) is 6.61 Å². The second-order valence-electron chi connectivity index (χ2n) is 6.22. The van der Waals surface area contributed by atoms with Gasteiger partial charge in [0.2, 0.25) is 5.88 Å². The number of halogens is 1. The molecule has 0 spiro atoms. The normalized spacial score (nSPS) is 10.8. The van der Waals surface area contributed by atoms with Crippen molar-refractivity contribution >= 4 is 22.6 Å². The van der Waals surface area contributed by atoms with E-state index in [9.17, 15) is 0 Å². The Morgan fingerprint density at radius 3 is 2.29 bits per heavy atom. The lowest BCUT2D eigenvalue weighted by molar-refractivity contribution is 0.301. The molecule has 0 fully saturated rings. The molecule has 0 radical (unpaired) electrons. The van der Waals surface area contributed by atoms with Gasteiger partial charge in [-0.3, -0.25) is 0 Å². The van der Waals surface area contributed by atoms with Crippen molar-refractivity contribution in [2.24, 2.45) is 0 Å². The Hall–Kier alpha value is -1.30. The fourth-order valence-electron chi connectivity index (χ4n) is 2.62. The van der Waals surface area contributed by atoms with Crippen LogP contribution < -0.4 is 9.47 Å². The van der Waals surface area contributed by atoms with Gasteiger partial charge >= 0.3 is 0 Å². The highest BCUT2D eigenvalue weighted by atomic mass is 127. The van der Waals surface area contributed by atoms with Crippen LogP contribution in [-0.2, 0) is 0 Å². The number of aromatic nitrogens is 1. The summed E-state index contributed by atoms with van der Waals surface area (Å²) in [5.41, 5.74) is 4.09. The van der Waals surface area contributed by atoms with E-state index in [1.807, 2.05) is 19.9 Å². The van der Waals surface area contributed by atoms with Crippen LogP contribution in [0.15, 0.2) is 18.2 Å². The Morgan fingerprint density at radius 2 is 1.67 bits per heavy atom. The summed E-state index contributed by atoms with van der Waals surface area (Å²) in [6, 6.07) is 6.23. The van der Waals surface area contributed by atoms with Crippen LogP contribution >= 0.6 is 22.6 Å². The van der Waals surface area contributed by atoms with Crippen molar-refractivity contribution in [2.45, 2.75) is 53.9 Å². The van der Waals surface area contributed by atoms with Gasteiger partial charge in [-0.1, -0.05) is 19.8 Å². The fourth-order valence-corrected chi connectivity index (χ4v) is 3.55. The zero-order valence-electron chi connectivity index (χ0n) is 15.2. The lowest BCUT2D eigenvalue weighted by Gasteiger charge is -2.16. The van der Waals surface area contributed by atoms with E-state index in [-0.39, 0.29) is 0 Å². The average Bonchev–Trinajstić information content (AvgIpc) is 2.51. The van der Waals surface area contributed by atoms with Gasteiger partial charge in [0.05, 0.1) is 12.2 Å². The third-order valence-electron chi connectivity index (χ3n) is 3.94. The maximum atomic E-state index is 6.18. The van der Waals surface area contributed by atoms with Gasteiger partial charge in [0.1, 0.15) is 11.5 Å². The van der Waals surface area contributed by atoms with E-state index in [1.165, 1.54) is 16.4 Å². The molecule has 24 heavy (non-hydrogen) atoms. The number of nitrogens with zero attached hydrogens (tertiary/aromatic N) is 1. The molecule has 4 heteroatoms. The number of hydrogen-bond donors (Lipinski definition) is 0. The monoisotopic (exact) mass is 439 g/mol. The van der Waals surface area contributed by atoms with Gasteiger partial charge in [0.15, 0.2) is 0 Å². The van der Waals surface area contributed by atoms with Crippen LogP contribution in [0.2, 0.25) is 0 Å². The highest BCUT2D eigenvalue weighted by molar-refractivity contribution is 14.1. The highest BCUT2D eigenvalue weighted by Crippen LogP contribution is 2.34. The Bertz CT molecular complexity index is 690. The van der Waals surface area contributed by atoms with Crippen LogP contribution in [0.5, 0.6) is 17.4 Å². The van der Waals surface area contributed by atoms with Crippen LogP contribution in [-0.4, -0.2) is 11.6 Å². The SMILES string of the molecule is CCCCCOc1cc(C)nc(Oc2c(C)cc(I)cc2C)c1C. The zero-order chi connectivity index (χ0) is 17.7. The summed E-state index contributed by atoms with van der Waals surface area (Å²) in [4.78, 5) is 4.57. The molecule has 0 unspecified atom stereocenters. The number of benzene rings is 1. The second-order valence-corrected chi connectivity index (χ2v) is 7.46. The molecule has 0 aliphatic rings. The molecule has 0 saturated carbocycles. The molecule has 0 bridgehead atoms. The molecule has 130 valence electrons. The first-order valence-corrected chi connectivity index (χ1v) is 9.56. The molecule has 1 aromatic heterocycles. The van der Waals surface area contributed by atoms with E-state index in [0.717, 1.165) is 46.9 Å². The predicted molar refractivity (Wildman–Crippen MR) is 107 cm³/mol. The first kappa shape index (κ1) is 19.0. The number of aryl methyl sites for hydroxylation is 3. The molecule has 0 N–H and O–H groups in total. The molecule has 3 nitrogen and oxygen atoms in total. The lowest BCUT2D eigenvalue weighted by atomic mass is 10.1. The topological polar surface area (TPSA) is 31.4 Å². The number of pyridine rings is 1. The van der Waals surface area contributed by atoms with Gasteiger partial charge in [0.25, 0.3) is 0 Å². The number of ether oxygens (including phenoxy) is 2. The summed E-state index contributed by atoms with van der Waals surface area (Å²) in [6.07, 6.45) is 3.45. The van der Waals surface area contributed by atoms with Gasteiger partial charge < -0.3 is 9.47 Å². The van der Waals surface area contributed by atoms with Crippen molar-refractivity contribution in [1.82, 2.24) is 4.98 Å². The molecular formula is C20H26INO2. The smallest absolute Gasteiger partial charge is 0.226 e. The summed E-state index contributed by atoms with van der Waals surface area (Å²) in [5, 5.41) is 0. The third kappa shape index (κ3) is 4.85. The standard InChI is InChI=1S/C20H26INO2/c1-6-7-8-9-23-18-12-15(4)22-20(16(18)5)24-19-13(2)10-17(21)11-14(19)3/h10-12H,6-9H2,1-5H3. The maximum absolute atomic E-state index is 6.18. The first-order valence-electron chi connectivity index (χ1n) is 8.48. The third-order valence-corrected chi connectivity index (χ3v) is 4.56. The van der Waals surface area contributed by atoms with E-state index in [4.69, 9.17) is 9.47 Å². The van der Waals surface area contributed by atoms with Crippen LogP contribution in [0.25, 0.3) is 0 Å². The molecular weight excluding hydrogens is 413 g/mol. The Balaban J connectivity index is 2.26. The van der Waals surface area contributed by atoms with Crippen molar-refractivity contribution in [3.63, 3.8) is 0 Å². The first-order chi connectivity index (χ1) is 11.4. The van der Waals surface area contributed by atoms with Gasteiger partial charge in [0, 0.05) is 15.3 Å². The summed E-state index contributed by atoms with van der Waals surface area (Å²) in [7, 11) is 0. The summed E-state index contributed by atoms with van der Waals surface area (Å²) < 4.78 is 13.3. The Labute approximate surface area is 158 Å². The Morgan fingerprint density at radius 1 is 1.00 bits per heavy atom. The van der Waals surface area contributed by atoms with E-state index >= 15 is 0 Å². The molecule has 0 aliphatic carbocycles. The summed E-state index contributed by atoms with van der Waals surface area (Å²) >= 11 is 2.33. The Kier molecular flexibility index (Phi) is 6.90. The van der Waals surface area contributed by atoms with E-state index in [0.29, 0.717) is 5.88 Å². The summed E-state index contributed by atoms with van der Waals surface area (Å²) in [6.45, 7) is 11.0. The van der Waals surface area contributed by atoms with Crippen molar-refractivity contribution in [1.29, 1.82) is 0 Å². The van der Waals surface area contributed by atoms with E-state index < -0.39 is 0 Å². The number of rotatable bonds is 7. The van der Waals surface area contributed by atoms with Crippen LogP contribution in [0.1, 0.15) is 48.6 Å². The van der Waals surface area contributed by atoms with Gasteiger partial charge in [-0.2, -0.15) is 0 Å².